The molecule has 2 heteroatoms. The zero-order chi connectivity index (χ0) is 8.81. The van der Waals surface area contributed by atoms with Crippen molar-refractivity contribution in [2.75, 3.05) is 12.0 Å². The summed E-state index contributed by atoms with van der Waals surface area (Å²) in [6, 6.07) is 8.72. The molecule has 12 heavy (non-hydrogen) atoms. The molecule has 0 nitrogen and oxygen atoms in total. The molecule has 1 aromatic carbocycles. The summed E-state index contributed by atoms with van der Waals surface area (Å²) in [5, 5.41) is 0. The summed E-state index contributed by atoms with van der Waals surface area (Å²) in [4.78, 5) is 2.75. The highest BCUT2D eigenvalue weighted by Crippen LogP contribution is 2.23. The molecule has 0 amide bonds. The molecule has 0 saturated carbocycles. The molecule has 0 spiro atoms. The van der Waals surface area contributed by atoms with Crippen LogP contribution in [-0.2, 0) is 0 Å². The normalized spacial score (nSPS) is 10.2. The van der Waals surface area contributed by atoms with Crippen LogP contribution < -0.4 is 0 Å². The molecule has 0 N–H and O–H groups in total. The van der Waals surface area contributed by atoms with Crippen LogP contribution in [-0.4, -0.2) is 12.0 Å². The topological polar surface area (TPSA) is 0 Å². The van der Waals surface area contributed by atoms with E-state index in [0.29, 0.717) is 0 Å². The Labute approximate surface area is 83.1 Å². The summed E-state index contributed by atoms with van der Waals surface area (Å²) in [5.41, 5.74) is 0. The van der Waals surface area contributed by atoms with Gasteiger partial charge in [0.2, 0.25) is 0 Å². The van der Waals surface area contributed by atoms with E-state index < -0.39 is 0 Å². The van der Waals surface area contributed by atoms with E-state index in [-0.39, 0.29) is 0 Å². The third-order valence-electron chi connectivity index (χ3n) is 1.51. The lowest BCUT2D eigenvalue weighted by atomic mass is 10.4. The molecular formula is C10H14S2. The van der Waals surface area contributed by atoms with Gasteiger partial charge in [-0.25, -0.2) is 0 Å². The van der Waals surface area contributed by atoms with Crippen molar-refractivity contribution in [3.63, 3.8) is 0 Å². The molecule has 0 fully saturated rings. The number of thioether (sulfide) groups is 2. The summed E-state index contributed by atoms with van der Waals surface area (Å²) in [7, 11) is 0. The van der Waals surface area contributed by atoms with E-state index in [0.717, 1.165) is 0 Å². The number of hydrogen-bond acceptors (Lipinski definition) is 2. The summed E-state index contributed by atoms with van der Waals surface area (Å²) in [6.07, 6.45) is 3.36. The largest absolute Gasteiger partial charge is 0.130 e. The van der Waals surface area contributed by atoms with Gasteiger partial charge in [0.05, 0.1) is 0 Å². The molecule has 0 saturated heterocycles. The smallest absolute Gasteiger partial charge is 0.00830 e. The lowest BCUT2D eigenvalue weighted by Gasteiger charge is -2.01. The fourth-order valence-corrected chi connectivity index (χ4v) is 2.27. The molecule has 66 valence electrons. The van der Waals surface area contributed by atoms with Crippen molar-refractivity contribution >= 4 is 23.5 Å². The van der Waals surface area contributed by atoms with Crippen molar-refractivity contribution in [2.45, 2.75) is 23.1 Å². The van der Waals surface area contributed by atoms with E-state index in [4.69, 9.17) is 0 Å². The van der Waals surface area contributed by atoms with Crippen LogP contribution in [0.4, 0.5) is 0 Å². The highest BCUT2D eigenvalue weighted by molar-refractivity contribution is 7.99. The second kappa shape index (κ2) is 5.55. The quantitative estimate of drug-likeness (QED) is 0.673. The molecule has 0 bridgehead atoms. The van der Waals surface area contributed by atoms with E-state index >= 15 is 0 Å². The summed E-state index contributed by atoms with van der Waals surface area (Å²) in [6.45, 7) is 2.21. The first-order valence-electron chi connectivity index (χ1n) is 4.13. The van der Waals surface area contributed by atoms with Gasteiger partial charge >= 0.3 is 0 Å². The molecule has 0 aromatic heterocycles. The number of rotatable bonds is 4. The fraction of sp³-hybridized carbons (Fsp3) is 0.400. The van der Waals surface area contributed by atoms with Crippen molar-refractivity contribution in [2.24, 2.45) is 0 Å². The van der Waals surface area contributed by atoms with Crippen molar-refractivity contribution in [1.82, 2.24) is 0 Å². The third kappa shape index (κ3) is 3.11. The Morgan fingerprint density at radius 2 is 2.00 bits per heavy atom. The van der Waals surface area contributed by atoms with Crippen LogP contribution in [0, 0.1) is 0 Å². The summed E-state index contributed by atoms with van der Waals surface area (Å²) < 4.78 is 0. The zero-order valence-corrected chi connectivity index (χ0v) is 9.17. The van der Waals surface area contributed by atoms with Crippen LogP contribution in [0.25, 0.3) is 0 Å². The molecule has 0 atom stereocenters. The van der Waals surface area contributed by atoms with Crippen molar-refractivity contribution in [3.8, 4) is 0 Å². The van der Waals surface area contributed by atoms with Crippen LogP contribution in [0.2, 0.25) is 0 Å². The minimum absolute atomic E-state index is 1.22. The van der Waals surface area contributed by atoms with Crippen LogP contribution in [0.15, 0.2) is 34.1 Å². The van der Waals surface area contributed by atoms with Gasteiger partial charge in [0, 0.05) is 9.79 Å². The Kier molecular flexibility index (Phi) is 4.62. The molecule has 0 heterocycles. The van der Waals surface area contributed by atoms with Gasteiger partial charge in [-0.2, -0.15) is 0 Å². The SMILES string of the molecule is CCCSc1cccc(SC)c1. The van der Waals surface area contributed by atoms with Gasteiger partial charge in [0.1, 0.15) is 0 Å². The Hall–Kier alpha value is -0.0800. The molecule has 0 aliphatic rings. The summed E-state index contributed by atoms with van der Waals surface area (Å²) in [5.74, 6) is 1.22. The van der Waals surface area contributed by atoms with Gasteiger partial charge in [-0.3, -0.25) is 0 Å². The zero-order valence-electron chi connectivity index (χ0n) is 7.54. The average molecular weight is 198 g/mol. The van der Waals surface area contributed by atoms with Crippen LogP contribution >= 0.6 is 23.5 Å². The van der Waals surface area contributed by atoms with E-state index in [2.05, 4.69) is 37.4 Å². The van der Waals surface area contributed by atoms with E-state index in [1.165, 1.54) is 22.0 Å². The van der Waals surface area contributed by atoms with Crippen LogP contribution in [0.5, 0.6) is 0 Å². The average Bonchev–Trinajstić information content (AvgIpc) is 2.15. The number of hydrogen-bond donors (Lipinski definition) is 0. The predicted octanol–water partition coefficient (Wildman–Crippen LogP) is 3.91. The van der Waals surface area contributed by atoms with Crippen LogP contribution in [0.3, 0.4) is 0 Å². The van der Waals surface area contributed by atoms with Crippen molar-refractivity contribution in [3.05, 3.63) is 24.3 Å². The highest BCUT2D eigenvalue weighted by atomic mass is 32.2. The first-order chi connectivity index (χ1) is 5.86. The molecule has 1 aromatic rings. The fourth-order valence-electron chi connectivity index (χ4n) is 0.911. The van der Waals surface area contributed by atoms with Gasteiger partial charge in [0.15, 0.2) is 0 Å². The molecule has 1 rings (SSSR count). The molecule has 0 radical (unpaired) electrons. The van der Waals surface area contributed by atoms with Crippen molar-refractivity contribution < 1.29 is 0 Å². The minimum atomic E-state index is 1.22. The van der Waals surface area contributed by atoms with Gasteiger partial charge < -0.3 is 0 Å². The molecular weight excluding hydrogens is 184 g/mol. The van der Waals surface area contributed by atoms with Crippen LogP contribution in [0.1, 0.15) is 13.3 Å². The Balaban J connectivity index is 2.60. The highest BCUT2D eigenvalue weighted by Gasteiger charge is 1.93. The monoisotopic (exact) mass is 198 g/mol. The second-order valence-corrected chi connectivity index (χ2v) is 4.58. The van der Waals surface area contributed by atoms with E-state index in [1.54, 1.807) is 11.8 Å². The summed E-state index contributed by atoms with van der Waals surface area (Å²) >= 11 is 3.74. The van der Waals surface area contributed by atoms with Gasteiger partial charge in [-0.05, 0) is 36.6 Å². The molecule has 0 aliphatic carbocycles. The van der Waals surface area contributed by atoms with E-state index in [9.17, 15) is 0 Å². The van der Waals surface area contributed by atoms with Gasteiger partial charge in [0.25, 0.3) is 0 Å². The lowest BCUT2D eigenvalue weighted by molar-refractivity contribution is 1.10. The molecule has 0 aliphatic heterocycles. The van der Waals surface area contributed by atoms with Gasteiger partial charge in [-0.1, -0.05) is 13.0 Å². The minimum Gasteiger partial charge on any atom is -0.130 e. The Morgan fingerprint density at radius 3 is 2.67 bits per heavy atom. The first kappa shape index (κ1) is 10.0. The standard InChI is InChI=1S/C10H14S2/c1-3-7-12-10-6-4-5-9(8-10)11-2/h4-6,8H,3,7H2,1-2H3. The first-order valence-corrected chi connectivity index (χ1v) is 6.34. The maximum absolute atomic E-state index is 2.25. The maximum atomic E-state index is 2.25. The van der Waals surface area contributed by atoms with Crippen molar-refractivity contribution in [1.29, 1.82) is 0 Å². The maximum Gasteiger partial charge on any atom is 0.00830 e. The predicted molar refractivity (Wildman–Crippen MR) is 59.2 cm³/mol. The Bertz CT molecular complexity index is 233. The lowest BCUT2D eigenvalue weighted by Crippen LogP contribution is -1.76. The number of benzene rings is 1. The molecule has 0 unspecified atom stereocenters. The van der Waals surface area contributed by atoms with Gasteiger partial charge in [-0.15, -0.1) is 23.5 Å². The van der Waals surface area contributed by atoms with E-state index in [1.807, 2.05) is 11.8 Å². The second-order valence-electron chi connectivity index (χ2n) is 2.53. The third-order valence-corrected chi connectivity index (χ3v) is 3.44. The Morgan fingerprint density at radius 1 is 1.25 bits per heavy atom.